The number of thiol groups is 1. The van der Waals surface area contributed by atoms with Crippen molar-refractivity contribution in [3.05, 3.63) is 24.1 Å². The van der Waals surface area contributed by atoms with E-state index in [0.717, 1.165) is 21.9 Å². The number of hydrogen-bond acceptors (Lipinski definition) is 3. The Hall–Kier alpha value is -0.960. The van der Waals surface area contributed by atoms with Gasteiger partial charge in [0.05, 0.1) is 0 Å². The molecule has 0 aliphatic rings. The molecule has 0 spiro atoms. The second-order valence-electron chi connectivity index (χ2n) is 3.36. The molecule has 1 heterocycles. The Bertz CT molecular complexity index is 433. The van der Waals surface area contributed by atoms with Crippen LogP contribution in [0.3, 0.4) is 0 Å². The van der Waals surface area contributed by atoms with Crippen LogP contribution in [0, 0.1) is 0 Å². The maximum absolute atomic E-state index is 5.54. The molecule has 0 saturated heterocycles. The summed E-state index contributed by atoms with van der Waals surface area (Å²) >= 11 is 4.24. The fourth-order valence-electron chi connectivity index (χ4n) is 1.18. The number of hydrogen-bond donors (Lipinski definition) is 1. The van der Waals surface area contributed by atoms with E-state index in [1.807, 2.05) is 18.2 Å². The lowest BCUT2D eigenvalue weighted by atomic mass is 10.2. The molecular weight excluding hydrogens is 182 g/mol. The Morgan fingerprint density at radius 3 is 2.85 bits per heavy atom. The van der Waals surface area contributed by atoms with Crippen molar-refractivity contribution in [1.29, 1.82) is 0 Å². The van der Waals surface area contributed by atoms with Crippen LogP contribution in [-0.4, -0.2) is 4.98 Å². The average Bonchev–Trinajstić information content (AvgIpc) is 2.46. The first-order chi connectivity index (χ1) is 6.16. The minimum Gasteiger partial charge on any atom is -0.440 e. The highest BCUT2D eigenvalue weighted by Gasteiger charge is 2.08. The van der Waals surface area contributed by atoms with Crippen LogP contribution in [0.1, 0.15) is 25.7 Å². The molecule has 0 aliphatic heterocycles. The molecule has 2 nitrogen and oxygen atoms in total. The molecule has 0 atom stereocenters. The molecule has 1 aromatic carbocycles. The van der Waals surface area contributed by atoms with Crippen molar-refractivity contribution in [3.8, 4) is 0 Å². The summed E-state index contributed by atoms with van der Waals surface area (Å²) < 4.78 is 5.54. The van der Waals surface area contributed by atoms with E-state index in [4.69, 9.17) is 4.42 Å². The lowest BCUT2D eigenvalue weighted by molar-refractivity contribution is 0.501. The third kappa shape index (κ3) is 1.56. The Morgan fingerprint density at radius 2 is 2.15 bits per heavy atom. The summed E-state index contributed by atoms with van der Waals surface area (Å²) in [4.78, 5) is 5.27. The van der Waals surface area contributed by atoms with Crippen molar-refractivity contribution in [1.82, 2.24) is 4.98 Å². The normalized spacial score (nSPS) is 11.4. The van der Waals surface area contributed by atoms with Crippen molar-refractivity contribution < 1.29 is 4.42 Å². The van der Waals surface area contributed by atoms with E-state index in [1.54, 1.807) is 0 Å². The highest BCUT2D eigenvalue weighted by atomic mass is 32.1. The van der Waals surface area contributed by atoms with Crippen LogP contribution in [0.15, 0.2) is 27.5 Å². The van der Waals surface area contributed by atoms with Gasteiger partial charge < -0.3 is 4.42 Å². The van der Waals surface area contributed by atoms with Gasteiger partial charge in [0.25, 0.3) is 0 Å². The molecule has 0 radical (unpaired) electrons. The van der Waals surface area contributed by atoms with Gasteiger partial charge in [0.2, 0.25) is 0 Å². The first kappa shape index (κ1) is 8.63. The molecule has 0 amide bonds. The van der Waals surface area contributed by atoms with Crippen LogP contribution in [-0.2, 0) is 0 Å². The van der Waals surface area contributed by atoms with E-state index < -0.39 is 0 Å². The van der Waals surface area contributed by atoms with Crippen molar-refractivity contribution in [2.24, 2.45) is 0 Å². The maximum Gasteiger partial charge on any atom is 0.198 e. The van der Waals surface area contributed by atoms with E-state index in [0.29, 0.717) is 5.92 Å². The lowest BCUT2D eigenvalue weighted by Gasteiger charge is -1.93. The SMILES string of the molecule is CC(C)c1nc2cc(S)ccc2o1. The van der Waals surface area contributed by atoms with Gasteiger partial charge in [-0.2, -0.15) is 0 Å². The summed E-state index contributed by atoms with van der Waals surface area (Å²) in [5, 5.41) is 0. The number of aromatic nitrogens is 1. The Labute approximate surface area is 82.4 Å². The molecule has 0 N–H and O–H groups in total. The molecule has 1 aromatic heterocycles. The van der Waals surface area contributed by atoms with Crippen molar-refractivity contribution >= 4 is 23.7 Å². The topological polar surface area (TPSA) is 26.0 Å². The molecule has 2 aromatic rings. The monoisotopic (exact) mass is 193 g/mol. The number of rotatable bonds is 1. The number of fused-ring (bicyclic) bond motifs is 1. The summed E-state index contributed by atoms with van der Waals surface area (Å²) in [6.07, 6.45) is 0. The van der Waals surface area contributed by atoms with Crippen LogP contribution >= 0.6 is 12.6 Å². The smallest absolute Gasteiger partial charge is 0.198 e. The quantitative estimate of drug-likeness (QED) is 0.703. The highest BCUT2D eigenvalue weighted by Crippen LogP contribution is 2.22. The molecule has 0 unspecified atom stereocenters. The fourth-order valence-corrected chi connectivity index (χ4v) is 1.38. The highest BCUT2D eigenvalue weighted by molar-refractivity contribution is 7.80. The van der Waals surface area contributed by atoms with Crippen LogP contribution < -0.4 is 0 Å². The first-order valence-corrected chi connectivity index (χ1v) is 4.71. The van der Waals surface area contributed by atoms with E-state index in [2.05, 4.69) is 31.5 Å². The van der Waals surface area contributed by atoms with Crippen molar-refractivity contribution in [3.63, 3.8) is 0 Å². The largest absolute Gasteiger partial charge is 0.440 e. The van der Waals surface area contributed by atoms with Gasteiger partial charge in [-0.25, -0.2) is 4.98 Å². The predicted molar refractivity (Wildman–Crippen MR) is 55.4 cm³/mol. The second kappa shape index (κ2) is 3.07. The minimum absolute atomic E-state index is 0.329. The number of oxazole rings is 1. The van der Waals surface area contributed by atoms with E-state index in [9.17, 15) is 0 Å². The lowest BCUT2D eigenvalue weighted by Crippen LogP contribution is -1.84. The molecule has 13 heavy (non-hydrogen) atoms. The minimum atomic E-state index is 0.329. The van der Waals surface area contributed by atoms with Gasteiger partial charge in [-0.05, 0) is 18.2 Å². The maximum atomic E-state index is 5.54. The fraction of sp³-hybridized carbons (Fsp3) is 0.300. The Kier molecular flexibility index (Phi) is 2.04. The standard InChI is InChI=1S/C10H11NOS/c1-6(2)10-11-8-5-7(13)3-4-9(8)12-10/h3-6,13H,1-2H3. The number of benzene rings is 1. The molecule has 0 saturated carbocycles. The van der Waals surface area contributed by atoms with Crippen molar-refractivity contribution in [2.45, 2.75) is 24.7 Å². The molecule has 68 valence electrons. The van der Waals surface area contributed by atoms with Crippen LogP contribution in [0.5, 0.6) is 0 Å². The molecule has 0 aliphatic carbocycles. The van der Waals surface area contributed by atoms with Crippen LogP contribution in [0.4, 0.5) is 0 Å². The summed E-state index contributed by atoms with van der Waals surface area (Å²) in [5.74, 6) is 1.12. The third-order valence-electron chi connectivity index (χ3n) is 1.88. The average molecular weight is 193 g/mol. The van der Waals surface area contributed by atoms with Gasteiger partial charge in [-0.1, -0.05) is 13.8 Å². The van der Waals surface area contributed by atoms with Crippen molar-refractivity contribution in [2.75, 3.05) is 0 Å². The van der Waals surface area contributed by atoms with Gasteiger partial charge >= 0.3 is 0 Å². The molecular formula is C10H11NOS. The first-order valence-electron chi connectivity index (χ1n) is 4.26. The third-order valence-corrected chi connectivity index (χ3v) is 2.16. The van der Waals surface area contributed by atoms with Gasteiger partial charge in [0.1, 0.15) is 5.52 Å². The van der Waals surface area contributed by atoms with Gasteiger partial charge in [-0.15, -0.1) is 12.6 Å². The van der Waals surface area contributed by atoms with E-state index >= 15 is 0 Å². The Balaban J connectivity index is 2.62. The molecule has 3 heteroatoms. The van der Waals surface area contributed by atoms with E-state index in [1.165, 1.54) is 0 Å². The van der Waals surface area contributed by atoms with Gasteiger partial charge in [0.15, 0.2) is 11.5 Å². The summed E-state index contributed by atoms with van der Waals surface area (Å²) in [7, 11) is 0. The molecule has 2 rings (SSSR count). The van der Waals surface area contributed by atoms with Crippen LogP contribution in [0.2, 0.25) is 0 Å². The van der Waals surface area contributed by atoms with Crippen LogP contribution in [0.25, 0.3) is 11.1 Å². The summed E-state index contributed by atoms with van der Waals surface area (Å²) in [5.41, 5.74) is 1.72. The summed E-state index contributed by atoms with van der Waals surface area (Å²) in [6, 6.07) is 5.71. The molecule has 0 fully saturated rings. The van der Waals surface area contributed by atoms with Gasteiger partial charge in [-0.3, -0.25) is 0 Å². The molecule has 0 bridgehead atoms. The zero-order chi connectivity index (χ0) is 9.42. The van der Waals surface area contributed by atoms with Gasteiger partial charge in [0, 0.05) is 10.8 Å². The van der Waals surface area contributed by atoms with E-state index in [-0.39, 0.29) is 0 Å². The number of nitrogens with zero attached hydrogens (tertiary/aromatic N) is 1. The Morgan fingerprint density at radius 1 is 1.38 bits per heavy atom. The second-order valence-corrected chi connectivity index (χ2v) is 3.88. The zero-order valence-electron chi connectivity index (χ0n) is 7.61. The zero-order valence-corrected chi connectivity index (χ0v) is 8.51. The predicted octanol–water partition coefficient (Wildman–Crippen LogP) is 3.24. The summed E-state index contributed by atoms with van der Waals surface area (Å²) in [6.45, 7) is 4.12.